The number of amides is 1. The summed E-state index contributed by atoms with van der Waals surface area (Å²) in [6.07, 6.45) is 0.776. The predicted octanol–water partition coefficient (Wildman–Crippen LogP) is 4.95. The molecule has 1 saturated heterocycles. The van der Waals surface area contributed by atoms with Crippen molar-refractivity contribution in [2.24, 2.45) is 5.92 Å². The van der Waals surface area contributed by atoms with Gasteiger partial charge in [0.05, 0.1) is 5.56 Å². The summed E-state index contributed by atoms with van der Waals surface area (Å²) in [6.45, 7) is 8.18. The zero-order valence-electron chi connectivity index (χ0n) is 23.4. The van der Waals surface area contributed by atoms with Crippen LogP contribution in [0.25, 0.3) is 0 Å². The maximum absolute atomic E-state index is 13.4. The fraction of sp³-hybridized carbons (Fsp3) is 0.375. The lowest BCUT2D eigenvalue weighted by atomic mass is 9.99. The molecule has 8 nitrogen and oxygen atoms in total. The standard InChI is InChI=1S/C32H35FN2O6/c1-22(2)17-26-18-24(5-9-28(26)39-20-23-3-7-27(33)8-4-23)31(36)35-13-11-34(12-14-35)15-16-38-32(37)25-6-10-29-30(19-25)41-21-40-29/h3-10,18-19,22H,11-17,20-21H2,1-2H3. The van der Waals surface area contributed by atoms with Gasteiger partial charge >= 0.3 is 5.97 Å². The van der Waals surface area contributed by atoms with Gasteiger partial charge in [-0.1, -0.05) is 26.0 Å². The SMILES string of the molecule is CC(C)Cc1cc(C(=O)N2CCN(CCOC(=O)c3ccc4c(c3)OCO4)CC2)ccc1OCc1ccc(F)cc1. The zero-order valence-corrected chi connectivity index (χ0v) is 23.4. The van der Waals surface area contributed by atoms with Gasteiger partial charge in [0.1, 0.15) is 24.8 Å². The topological polar surface area (TPSA) is 77.5 Å². The molecule has 1 amide bonds. The third-order valence-corrected chi connectivity index (χ3v) is 7.15. The number of benzene rings is 3. The van der Waals surface area contributed by atoms with Gasteiger partial charge in [-0.25, -0.2) is 9.18 Å². The first-order valence-corrected chi connectivity index (χ1v) is 13.9. The molecule has 5 rings (SSSR count). The molecule has 0 spiro atoms. The first kappa shape index (κ1) is 28.4. The van der Waals surface area contributed by atoms with Crippen LogP contribution in [-0.4, -0.2) is 67.8 Å². The largest absolute Gasteiger partial charge is 0.489 e. The number of halogens is 1. The number of hydrogen-bond acceptors (Lipinski definition) is 7. The van der Waals surface area contributed by atoms with E-state index in [-0.39, 0.29) is 25.1 Å². The summed E-state index contributed by atoms with van der Waals surface area (Å²) < 4.78 is 35.3. The van der Waals surface area contributed by atoms with E-state index >= 15 is 0 Å². The van der Waals surface area contributed by atoms with E-state index in [1.165, 1.54) is 12.1 Å². The van der Waals surface area contributed by atoms with Crippen molar-refractivity contribution in [2.45, 2.75) is 26.9 Å². The van der Waals surface area contributed by atoms with Gasteiger partial charge in [-0.3, -0.25) is 9.69 Å². The van der Waals surface area contributed by atoms with Crippen molar-refractivity contribution in [3.05, 3.63) is 88.7 Å². The van der Waals surface area contributed by atoms with Gasteiger partial charge in [0.25, 0.3) is 5.91 Å². The van der Waals surface area contributed by atoms with Crippen LogP contribution >= 0.6 is 0 Å². The van der Waals surface area contributed by atoms with Crippen molar-refractivity contribution in [3.63, 3.8) is 0 Å². The maximum atomic E-state index is 13.4. The molecule has 41 heavy (non-hydrogen) atoms. The summed E-state index contributed by atoms with van der Waals surface area (Å²) in [5.74, 6) is 1.60. The Morgan fingerprint density at radius 2 is 1.63 bits per heavy atom. The summed E-state index contributed by atoms with van der Waals surface area (Å²) in [6, 6.07) is 16.9. The summed E-state index contributed by atoms with van der Waals surface area (Å²) in [7, 11) is 0. The number of ether oxygens (including phenoxy) is 4. The minimum atomic E-state index is -0.403. The quantitative estimate of drug-likeness (QED) is 0.324. The van der Waals surface area contributed by atoms with Gasteiger partial charge in [-0.2, -0.15) is 0 Å². The van der Waals surface area contributed by atoms with Gasteiger partial charge in [0, 0.05) is 38.3 Å². The predicted molar refractivity (Wildman–Crippen MR) is 151 cm³/mol. The van der Waals surface area contributed by atoms with E-state index in [1.54, 1.807) is 30.3 Å². The van der Waals surface area contributed by atoms with Crippen LogP contribution in [0, 0.1) is 11.7 Å². The first-order chi connectivity index (χ1) is 19.9. The third-order valence-electron chi connectivity index (χ3n) is 7.15. The number of piperazine rings is 1. The highest BCUT2D eigenvalue weighted by Crippen LogP contribution is 2.32. The minimum Gasteiger partial charge on any atom is -0.489 e. The molecule has 1 fully saturated rings. The van der Waals surface area contributed by atoms with Crippen molar-refractivity contribution >= 4 is 11.9 Å². The van der Waals surface area contributed by atoms with Gasteiger partial charge < -0.3 is 23.8 Å². The number of carbonyl (C=O) groups is 2. The maximum Gasteiger partial charge on any atom is 0.338 e. The molecule has 3 aromatic carbocycles. The molecule has 0 radical (unpaired) electrons. The number of carbonyl (C=O) groups excluding carboxylic acids is 2. The van der Waals surface area contributed by atoms with E-state index in [0.717, 1.165) is 23.3 Å². The van der Waals surface area contributed by atoms with Gasteiger partial charge in [-0.15, -0.1) is 0 Å². The highest BCUT2D eigenvalue weighted by molar-refractivity contribution is 5.94. The molecule has 0 aliphatic carbocycles. The molecule has 9 heteroatoms. The van der Waals surface area contributed by atoms with E-state index in [2.05, 4.69) is 18.7 Å². The molecule has 0 bridgehead atoms. The molecule has 0 unspecified atom stereocenters. The number of esters is 1. The molecule has 0 atom stereocenters. The Morgan fingerprint density at radius 3 is 2.39 bits per heavy atom. The average Bonchev–Trinajstić information content (AvgIpc) is 3.45. The normalized spacial score (nSPS) is 14.8. The average molecular weight is 563 g/mol. The number of rotatable bonds is 10. The van der Waals surface area contributed by atoms with Crippen LogP contribution < -0.4 is 14.2 Å². The highest BCUT2D eigenvalue weighted by Gasteiger charge is 2.24. The van der Waals surface area contributed by atoms with Crippen LogP contribution in [0.4, 0.5) is 4.39 Å². The van der Waals surface area contributed by atoms with Gasteiger partial charge in [0.15, 0.2) is 11.5 Å². The zero-order chi connectivity index (χ0) is 28.8. The molecule has 2 heterocycles. The Bertz CT molecular complexity index is 1370. The van der Waals surface area contributed by atoms with E-state index in [0.29, 0.717) is 67.9 Å². The van der Waals surface area contributed by atoms with Crippen molar-refractivity contribution < 1.29 is 32.9 Å². The first-order valence-electron chi connectivity index (χ1n) is 13.9. The van der Waals surface area contributed by atoms with E-state index < -0.39 is 5.97 Å². The fourth-order valence-corrected chi connectivity index (χ4v) is 4.93. The molecule has 0 saturated carbocycles. The lowest BCUT2D eigenvalue weighted by molar-refractivity contribution is 0.0411. The Hall–Kier alpha value is -4.11. The van der Waals surface area contributed by atoms with Gasteiger partial charge in [-0.05, 0) is 72.0 Å². The van der Waals surface area contributed by atoms with Crippen LogP contribution in [0.3, 0.4) is 0 Å². The van der Waals surface area contributed by atoms with Crippen LogP contribution in [-0.2, 0) is 17.8 Å². The van der Waals surface area contributed by atoms with Crippen LogP contribution in [0.1, 0.15) is 45.7 Å². The second-order valence-electron chi connectivity index (χ2n) is 10.7. The number of nitrogens with zero attached hydrogens (tertiary/aromatic N) is 2. The van der Waals surface area contributed by atoms with Crippen LogP contribution in [0.15, 0.2) is 60.7 Å². The molecule has 2 aliphatic heterocycles. The Morgan fingerprint density at radius 1 is 0.902 bits per heavy atom. The lowest BCUT2D eigenvalue weighted by Crippen LogP contribution is -2.49. The van der Waals surface area contributed by atoms with Gasteiger partial charge in [0.2, 0.25) is 6.79 Å². The molecule has 0 N–H and O–H groups in total. The molecule has 0 aromatic heterocycles. The van der Waals surface area contributed by atoms with Crippen molar-refractivity contribution in [2.75, 3.05) is 46.1 Å². The summed E-state index contributed by atoms with van der Waals surface area (Å²) in [5.41, 5.74) is 2.92. The molecule has 3 aromatic rings. The molecule has 2 aliphatic rings. The summed E-state index contributed by atoms with van der Waals surface area (Å²) in [4.78, 5) is 29.8. The van der Waals surface area contributed by atoms with Crippen molar-refractivity contribution in [1.29, 1.82) is 0 Å². The Labute approximate surface area is 239 Å². The third kappa shape index (κ3) is 7.35. The second kappa shape index (κ2) is 13.0. The molecular formula is C32H35FN2O6. The summed E-state index contributed by atoms with van der Waals surface area (Å²) >= 11 is 0. The van der Waals surface area contributed by atoms with E-state index in [1.807, 2.05) is 23.1 Å². The van der Waals surface area contributed by atoms with Crippen LogP contribution in [0.5, 0.6) is 17.2 Å². The van der Waals surface area contributed by atoms with Crippen molar-refractivity contribution in [1.82, 2.24) is 9.80 Å². The van der Waals surface area contributed by atoms with E-state index in [9.17, 15) is 14.0 Å². The summed E-state index contributed by atoms with van der Waals surface area (Å²) in [5, 5.41) is 0. The Balaban J connectivity index is 1.11. The fourth-order valence-electron chi connectivity index (χ4n) is 4.93. The van der Waals surface area contributed by atoms with Crippen molar-refractivity contribution in [3.8, 4) is 17.2 Å². The Kier molecular flexibility index (Phi) is 9.04. The highest BCUT2D eigenvalue weighted by atomic mass is 19.1. The molecule has 216 valence electrons. The van der Waals surface area contributed by atoms with Crippen LogP contribution in [0.2, 0.25) is 0 Å². The molecular weight excluding hydrogens is 527 g/mol. The van der Waals surface area contributed by atoms with E-state index in [4.69, 9.17) is 18.9 Å². The monoisotopic (exact) mass is 562 g/mol. The number of hydrogen-bond donors (Lipinski definition) is 0. The second-order valence-corrected chi connectivity index (χ2v) is 10.7. The number of fused-ring (bicyclic) bond motifs is 1. The smallest absolute Gasteiger partial charge is 0.338 e. The minimum absolute atomic E-state index is 0.00558. The lowest BCUT2D eigenvalue weighted by Gasteiger charge is -2.34.